The van der Waals surface area contributed by atoms with Gasteiger partial charge in [0.2, 0.25) is 0 Å². The molecule has 6 heteroatoms. The molecule has 2 rings (SSSR count). The van der Waals surface area contributed by atoms with Crippen LogP contribution in [0.15, 0.2) is 6.20 Å². The van der Waals surface area contributed by atoms with E-state index in [4.69, 9.17) is 23.2 Å². The zero-order valence-corrected chi connectivity index (χ0v) is 13.8. The highest BCUT2D eigenvalue weighted by Gasteiger charge is 2.34. The van der Waals surface area contributed by atoms with E-state index < -0.39 is 0 Å². The molecule has 1 aliphatic heterocycles. The molecule has 0 radical (unpaired) electrons. The number of aryl methyl sites for hydroxylation is 1. The number of nitrogens with zero attached hydrogens (tertiary/aromatic N) is 2. The first-order valence-corrected chi connectivity index (χ1v) is 7.90. The number of likely N-dealkylation sites (tertiary alicyclic amines) is 1. The predicted octanol–water partition coefficient (Wildman–Crippen LogP) is 3.32. The molecule has 0 bridgehead atoms. The number of amides is 1. The summed E-state index contributed by atoms with van der Waals surface area (Å²) in [7, 11) is 0. The van der Waals surface area contributed by atoms with Crippen molar-refractivity contribution in [2.24, 2.45) is 5.41 Å². The van der Waals surface area contributed by atoms with Gasteiger partial charge in [-0.3, -0.25) is 9.78 Å². The molecule has 0 atom stereocenters. The van der Waals surface area contributed by atoms with Gasteiger partial charge in [0.15, 0.2) is 0 Å². The Kier molecular flexibility index (Phi) is 5.12. The summed E-state index contributed by atoms with van der Waals surface area (Å²) in [5.74, 6) is -0.142. The van der Waals surface area contributed by atoms with Gasteiger partial charge >= 0.3 is 0 Å². The minimum Gasteiger partial charge on any atom is -0.396 e. The molecule has 2 heterocycles. The third kappa shape index (κ3) is 3.17. The number of hydrogen-bond acceptors (Lipinski definition) is 3. The molecule has 0 aliphatic carbocycles. The molecule has 1 amide bonds. The van der Waals surface area contributed by atoms with Crippen LogP contribution in [0.5, 0.6) is 0 Å². The van der Waals surface area contributed by atoms with Crippen LogP contribution < -0.4 is 0 Å². The van der Waals surface area contributed by atoms with Crippen LogP contribution in [0.4, 0.5) is 0 Å². The Morgan fingerprint density at radius 3 is 2.52 bits per heavy atom. The number of piperidine rings is 1. The number of pyridine rings is 1. The molecule has 1 N–H and O–H groups in total. The van der Waals surface area contributed by atoms with Crippen molar-refractivity contribution in [1.82, 2.24) is 9.88 Å². The summed E-state index contributed by atoms with van der Waals surface area (Å²) in [6, 6.07) is 0. The molecule has 1 aromatic heterocycles. The maximum atomic E-state index is 12.6. The number of carbonyl (C=O) groups is 1. The van der Waals surface area contributed by atoms with Gasteiger partial charge in [-0.05, 0) is 31.6 Å². The fourth-order valence-electron chi connectivity index (χ4n) is 2.68. The maximum Gasteiger partial charge on any atom is 0.256 e. The highest BCUT2D eigenvalue weighted by Crippen LogP contribution is 2.35. The smallest absolute Gasteiger partial charge is 0.256 e. The number of aromatic nitrogens is 1. The molecular formula is C15H20Cl2N2O2. The van der Waals surface area contributed by atoms with Crippen molar-refractivity contribution in [2.75, 3.05) is 19.7 Å². The molecule has 4 nitrogen and oxygen atoms in total. The molecule has 1 aliphatic rings. The van der Waals surface area contributed by atoms with E-state index >= 15 is 0 Å². The van der Waals surface area contributed by atoms with Gasteiger partial charge in [0.05, 0.1) is 21.3 Å². The quantitative estimate of drug-likeness (QED) is 0.924. The molecule has 116 valence electrons. The SMILES string of the molecule is CCC1(CO)CCN(C(=O)c2cnc(C)c(Cl)c2Cl)CC1. The molecule has 1 aromatic rings. The van der Waals surface area contributed by atoms with Gasteiger partial charge < -0.3 is 10.0 Å². The Morgan fingerprint density at radius 1 is 1.38 bits per heavy atom. The van der Waals surface area contributed by atoms with Crippen molar-refractivity contribution in [3.63, 3.8) is 0 Å². The van der Waals surface area contributed by atoms with E-state index in [-0.39, 0.29) is 23.0 Å². The lowest BCUT2D eigenvalue weighted by Crippen LogP contribution is -2.44. The van der Waals surface area contributed by atoms with Crippen LogP contribution in [-0.2, 0) is 0 Å². The molecule has 0 saturated carbocycles. The molecule has 1 fully saturated rings. The van der Waals surface area contributed by atoms with Gasteiger partial charge in [-0.25, -0.2) is 0 Å². The van der Waals surface area contributed by atoms with Gasteiger partial charge in [0.25, 0.3) is 5.91 Å². The lowest BCUT2D eigenvalue weighted by Gasteiger charge is -2.40. The highest BCUT2D eigenvalue weighted by molar-refractivity contribution is 6.44. The average Bonchev–Trinajstić information content (AvgIpc) is 2.52. The van der Waals surface area contributed by atoms with E-state index in [2.05, 4.69) is 11.9 Å². The summed E-state index contributed by atoms with van der Waals surface area (Å²) < 4.78 is 0. The highest BCUT2D eigenvalue weighted by atomic mass is 35.5. The monoisotopic (exact) mass is 330 g/mol. The molecule has 1 saturated heterocycles. The fourth-order valence-corrected chi connectivity index (χ4v) is 3.10. The van der Waals surface area contributed by atoms with E-state index in [0.29, 0.717) is 29.4 Å². The normalized spacial score (nSPS) is 17.9. The van der Waals surface area contributed by atoms with Crippen LogP contribution in [-0.4, -0.2) is 40.6 Å². The van der Waals surface area contributed by atoms with E-state index in [9.17, 15) is 9.90 Å². The first kappa shape index (κ1) is 16.5. The van der Waals surface area contributed by atoms with Gasteiger partial charge in [-0.15, -0.1) is 0 Å². The van der Waals surface area contributed by atoms with E-state index in [1.54, 1.807) is 11.8 Å². The zero-order chi connectivity index (χ0) is 15.6. The second-order valence-corrected chi connectivity index (χ2v) is 6.45. The van der Waals surface area contributed by atoms with Crippen LogP contribution in [0, 0.1) is 12.3 Å². The Labute approximate surface area is 135 Å². The van der Waals surface area contributed by atoms with E-state index in [1.165, 1.54) is 6.20 Å². The number of hydrogen-bond donors (Lipinski definition) is 1. The van der Waals surface area contributed by atoms with Crippen molar-refractivity contribution in [3.05, 3.63) is 27.5 Å². The molecule has 0 unspecified atom stereocenters. The van der Waals surface area contributed by atoms with Crippen molar-refractivity contribution >= 4 is 29.1 Å². The molecular weight excluding hydrogens is 311 g/mol. The predicted molar refractivity (Wildman–Crippen MR) is 83.9 cm³/mol. The average molecular weight is 331 g/mol. The zero-order valence-electron chi connectivity index (χ0n) is 12.3. The first-order valence-electron chi connectivity index (χ1n) is 7.15. The van der Waals surface area contributed by atoms with Gasteiger partial charge in [-0.1, -0.05) is 30.1 Å². The number of aliphatic hydroxyl groups is 1. The van der Waals surface area contributed by atoms with Crippen molar-refractivity contribution < 1.29 is 9.90 Å². The fraction of sp³-hybridized carbons (Fsp3) is 0.600. The third-order valence-electron chi connectivity index (χ3n) is 4.56. The van der Waals surface area contributed by atoms with Crippen LogP contribution in [0.3, 0.4) is 0 Å². The number of halogens is 2. The summed E-state index contributed by atoms with van der Waals surface area (Å²) in [6.45, 7) is 5.24. The Bertz CT molecular complexity index is 535. The molecule has 0 aromatic carbocycles. The second kappa shape index (κ2) is 6.51. The Balaban J connectivity index is 2.14. The lowest BCUT2D eigenvalue weighted by molar-refractivity contribution is 0.0338. The van der Waals surface area contributed by atoms with Crippen LogP contribution >= 0.6 is 23.2 Å². The van der Waals surface area contributed by atoms with Gasteiger partial charge in [0.1, 0.15) is 0 Å². The van der Waals surface area contributed by atoms with E-state index in [0.717, 1.165) is 19.3 Å². The summed E-state index contributed by atoms with van der Waals surface area (Å²) in [5, 5.41) is 10.1. The van der Waals surface area contributed by atoms with E-state index in [1.807, 2.05) is 0 Å². The topological polar surface area (TPSA) is 53.4 Å². The van der Waals surface area contributed by atoms with Crippen LogP contribution in [0.2, 0.25) is 10.0 Å². The number of carbonyl (C=O) groups excluding carboxylic acids is 1. The van der Waals surface area contributed by atoms with Crippen molar-refractivity contribution in [2.45, 2.75) is 33.1 Å². The van der Waals surface area contributed by atoms with Crippen LogP contribution in [0.1, 0.15) is 42.2 Å². The van der Waals surface area contributed by atoms with Crippen molar-refractivity contribution in [1.29, 1.82) is 0 Å². The second-order valence-electron chi connectivity index (χ2n) is 5.69. The standard InChI is InChI=1S/C15H20Cl2N2O2/c1-3-15(9-20)4-6-19(7-5-15)14(21)11-8-18-10(2)12(16)13(11)17/h8,20H,3-7,9H2,1-2H3. The maximum absolute atomic E-state index is 12.6. The summed E-state index contributed by atoms with van der Waals surface area (Å²) in [6.07, 6.45) is 4.01. The Morgan fingerprint density at radius 2 is 2.00 bits per heavy atom. The largest absolute Gasteiger partial charge is 0.396 e. The van der Waals surface area contributed by atoms with Crippen molar-refractivity contribution in [3.8, 4) is 0 Å². The number of rotatable bonds is 3. The minimum absolute atomic E-state index is 0.0518. The van der Waals surface area contributed by atoms with Gasteiger partial charge in [0, 0.05) is 25.9 Å². The van der Waals surface area contributed by atoms with Crippen LogP contribution in [0.25, 0.3) is 0 Å². The Hall–Kier alpha value is -0.840. The summed E-state index contributed by atoms with van der Waals surface area (Å²) >= 11 is 12.2. The summed E-state index contributed by atoms with van der Waals surface area (Å²) in [4.78, 5) is 18.4. The molecule has 21 heavy (non-hydrogen) atoms. The molecule has 0 spiro atoms. The number of aliphatic hydroxyl groups excluding tert-OH is 1. The first-order chi connectivity index (χ1) is 9.94. The lowest BCUT2D eigenvalue weighted by atomic mass is 9.77. The minimum atomic E-state index is -0.142. The van der Waals surface area contributed by atoms with Gasteiger partial charge in [-0.2, -0.15) is 0 Å². The third-order valence-corrected chi connectivity index (χ3v) is 5.51. The summed E-state index contributed by atoms with van der Waals surface area (Å²) in [5.41, 5.74) is 0.909.